The number of hydrogen-bond donors (Lipinski definition) is 1. The first-order valence-electron chi connectivity index (χ1n) is 8.56. The van der Waals surface area contributed by atoms with Gasteiger partial charge in [-0.15, -0.1) is 0 Å². The van der Waals surface area contributed by atoms with Crippen LogP contribution < -0.4 is 4.90 Å². The molecule has 3 heterocycles. The van der Waals surface area contributed by atoms with E-state index in [4.69, 9.17) is 9.84 Å². The SMILES string of the molecule is CCCO[C@@H]1CCCN(c2nccc(-c3cc(C(=O)O)ccn3)n2)C1. The van der Waals surface area contributed by atoms with Crippen molar-refractivity contribution in [1.29, 1.82) is 0 Å². The number of piperidine rings is 1. The maximum absolute atomic E-state index is 11.1. The number of nitrogens with zero attached hydrogens (tertiary/aromatic N) is 4. The van der Waals surface area contributed by atoms with Crippen LogP contribution in [0.1, 0.15) is 36.5 Å². The molecule has 3 rings (SSSR count). The third-order valence-corrected chi connectivity index (χ3v) is 4.13. The lowest BCUT2D eigenvalue weighted by Crippen LogP contribution is -2.40. The molecule has 0 saturated carbocycles. The fourth-order valence-electron chi connectivity index (χ4n) is 2.89. The van der Waals surface area contributed by atoms with Crippen LogP contribution in [0.5, 0.6) is 0 Å². The highest BCUT2D eigenvalue weighted by molar-refractivity contribution is 5.88. The number of pyridine rings is 1. The van der Waals surface area contributed by atoms with E-state index >= 15 is 0 Å². The summed E-state index contributed by atoms with van der Waals surface area (Å²) in [6.07, 6.45) is 6.47. The van der Waals surface area contributed by atoms with E-state index in [0.29, 0.717) is 17.3 Å². The Labute approximate surface area is 146 Å². The molecule has 0 bridgehead atoms. The number of carbonyl (C=O) groups is 1. The average Bonchev–Trinajstić information content (AvgIpc) is 2.67. The van der Waals surface area contributed by atoms with Crippen molar-refractivity contribution in [3.63, 3.8) is 0 Å². The van der Waals surface area contributed by atoms with E-state index in [0.717, 1.165) is 39.0 Å². The van der Waals surface area contributed by atoms with Crippen LogP contribution in [-0.4, -0.2) is 51.8 Å². The number of anilines is 1. The molecule has 1 N–H and O–H groups in total. The summed E-state index contributed by atoms with van der Waals surface area (Å²) in [5.41, 5.74) is 1.33. The van der Waals surface area contributed by atoms with Crippen molar-refractivity contribution in [1.82, 2.24) is 15.0 Å². The van der Waals surface area contributed by atoms with E-state index in [1.807, 2.05) is 0 Å². The number of rotatable bonds is 6. The molecule has 2 aromatic heterocycles. The van der Waals surface area contributed by atoms with Crippen LogP contribution in [0, 0.1) is 0 Å². The Morgan fingerprint density at radius 3 is 2.96 bits per heavy atom. The molecular weight excluding hydrogens is 320 g/mol. The van der Waals surface area contributed by atoms with E-state index in [2.05, 4.69) is 26.8 Å². The first-order chi connectivity index (χ1) is 12.2. The van der Waals surface area contributed by atoms with Gasteiger partial charge in [-0.1, -0.05) is 6.92 Å². The van der Waals surface area contributed by atoms with E-state index < -0.39 is 5.97 Å². The Morgan fingerprint density at radius 1 is 1.32 bits per heavy atom. The number of aromatic nitrogens is 3. The predicted octanol–water partition coefficient (Wildman–Crippen LogP) is 2.63. The first-order valence-corrected chi connectivity index (χ1v) is 8.56. The van der Waals surface area contributed by atoms with E-state index in [9.17, 15) is 4.79 Å². The number of ether oxygens (including phenoxy) is 1. The molecule has 0 radical (unpaired) electrons. The summed E-state index contributed by atoms with van der Waals surface area (Å²) in [5, 5.41) is 9.13. The zero-order valence-corrected chi connectivity index (χ0v) is 14.3. The van der Waals surface area contributed by atoms with Crippen molar-refractivity contribution in [3.05, 3.63) is 36.2 Å². The minimum atomic E-state index is -0.982. The Morgan fingerprint density at radius 2 is 2.16 bits per heavy atom. The molecule has 25 heavy (non-hydrogen) atoms. The van der Waals surface area contributed by atoms with Crippen LogP contribution in [0.15, 0.2) is 30.6 Å². The van der Waals surface area contributed by atoms with Gasteiger partial charge in [0, 0.05) is 32.1 Å². The maximum atomic E-state index is 11.1. The summed E-state index contributed by atoms with van der Waals surface area (Å²) >= 11 is 0. The smallest absolute Gasteiger partial charge is 0.335 e. The number of carboxylic acids is 1. The van der Waals surface area contributed by atoms with Crippen LogP contribution in [0.2, 0.25) is 0 Å². The molecule has 0 aromatic carbocycles. The monoisotopic (exact) mass is 342 g/mol. The zero-order chi connectivity index (χ0) is 17.6. The molecule has 1 saturated heterocycles. The third-order valence-electron chi connectivity index (χ3n) is 4.13. The molecule has 0 spiro atoms. The predicted molar refractivity (Wildman–Crippen MR) is 93.7 cm³/mol. The number of carboxylic acid groups (broad SMARTS) is 1. The molecule has 0 unspecified atom stereocenters. The van der Waals surface area contributed by atoms with Crippen molar-refractivity contribution in [2.45, 2.75) is 32.3 Å². The highest BCUT2D eigenvalue weighted by Crippen LogP contribution is 2.21. The van der Waals surface area contributed by atoms with Crippen molar-refractivity contribution in [2.24, 2.45) is 0 Å². The minimum absolute atomic E-state index is 0.191. The molecule has 1 atom stereocenters. The van der Waals surface area contributed by atoms with Crippen molar-refractivity contribution < 1.29 is 14.6 Å². The second kappa shape index (κ2) is 8.02. The van der Waals surface area contributed by atoms with Gasteiger partial charge in [-0.3, -0.25) is 4.98 Å². The highest BCUT2D eigenvalue weighted by Gasteiger charge is 2.22. The summed E-state index contributed by atoms with van der Waals surface area (Å²) in [5.74, 6) is -0.352. The molecule has 7 nitrogen and oxygen atoms in total. The van der Waals surface area contributed by atoms with Crippen molar-refractivity contribution >= 4 is 11.9 Å². The van der Waals surface area contributed by atoms with Gasteiger partial charge in [0.25, 0.3) is 0 Å². The summed E-state index contributed by atoms with van der Waals surface area (Å²) < 4.78 is 5.87. The maximum Gasteiger partial charge on any atom is 0.335 e. The van der Waals surface area contributed by atoms with Gasteiger partial charge in [0.05, 0.1) is 23.1 Å². The highest BCUT2D eigenvalue weighted by atomic mass is 16.5. The van der Waals surface area contributed by atoms with Gasteiger partial charge < -0.3 is 14.7 Å². The van der Waals surface area contributed by atoms with Crippen LogP contribution >= 0.6 is 0 Å². The zero-order valence-electron chi connectivity index (χ0n) is 14.3. The average molecular weight is 342 g/mol. The van der Waals surface area contributed by atoms with E-state index in [1.165, 1.54) is 18.3 Å². The summed E-state index contributed by atoms with van der Waals surface area (Å²) in [6.45, 7) is 4.53. The van der Waals surface area contributed by atoms with Gasteiger partial charge in [-0.25, -0.2) is 14.8 Å². The summed E-state index contributed by atoms with van der Waals surface area (Å²) in [6, 6.07) is 4.73. The van der Waals surface area contributed by atoms with Crippen LogP contribution in [0.3, 0.4) is 0 Å². The van der Waals surface area contributed by atoms with E-state index in [-0.39, 0.29) is 11.7 Å². The topological polar surface area (TPSA) is 88.4 Å². The van der Waals surface area contributed by atoms with Crippen molar-refractivity contribution in [2.75, 3.05) is 24.6 Å². The third kappa shape index (κ3) is 4.30. The molecule has 0 amide bonds. The largest absolute Gasteiger partial charge is 0.478 e. The minimum Gasteiger partial charge on any atom is -0.478 e. The molecule has 2 aromatic rings. The standard InChI is InChI=1S/C18H22N4O3/c1-2-10-25-14-4-3-9-22(12-14)18-20-8-6-15(21-18)16-11-13(17(23)24)5-7-19-16/h5-8,11,14H,2-4,9-10,12H2,1H3,(H,23,24)/t14-/m1/s1. The second-order valence-corrected chi connectivity index (χ2v) is 6.06. The van der Waals surface area contributed by atoms with Gasteiger partial charge in [0.2, 0.25) is 5.95 Å². The van der Waals surface area contributed by atoms with Gasteiger partial charge in [-0.05, 0) is 37.5 Å². The Balaban J connectivity index is 1.79. The molecule has 1 aliphatic heterocycles. The van der Waals surface area contributed by atoms with E-state index in [1.54, 1.807) is 12.3 Å². The molecule has 132 valence electrons. The quantitative estimate of drug-likeness (QED) is 0.863. The Bertz CT molecular complexity index is 738. The lowest BCUT2D eigenvalue weighted by molar-refractivity contribution is 0.0437. The molecular formula is C18H22N4O3. The normalized spacial score (nSPS) is 17.5. The van der Waals surface area contributed by atoms with Crippen molar-refractivity contribution in [3.8, 4) is 11.4 Å². The Hall–Kier alpha value is -2.54. The lowest BCUT2D eigenvalue weighted by atomic mass is 10.1. The first kappa shape index (κ1) is 17.3. The van der Waals surface area contributed by atoms with Gasteiger partial charge in [0.15, 0.2) is 0 Å². The number of aromatic carboxylic acids is 1. The summed E-state index contributed by atoms with van der Waals surface area (Å²) in [7, 11) is 0. The second-order valence-electron chi connectivity index (χ2n) is 6.06. The van der Waals surface area contributed by atoms with Crippen LogP contribution in [0.25, 0.3) is 11.4 Å². The van der Waals surface area contributed by atoms with Gasteiger partial charge >= 0.3 is 5.97 Å². The van der Waals surface area contributed by atoms with Gasteiger partial charge in [0.1, 0.15) is 0 Å². The molecule has 7 heteroatoms. The Kier molecular flexibility index (Phi) is 5.55. The fourth-order valence-corrected chi connectivity index (χ4v) is 2.89. The van der Waals surface area contributed by atoms with Gasteiger partial charge in [-0.2, -0.15) is 0 Å². The van der Waals surface area contributed by atoms with Crippen LogP contribution in [-0.2, 0) is 4.74 Å². The lowest BCUT2D eigenvalue weighted by Gasteiger charge is -2.32. The van der Waals surface area contributed by atoms with Crippen LogP contribution in [0.4, 0.5) is 5.95 Å². The molecule has 1 fully saturated rings. The molecule has 1 aliphatic rings. The summed E-state index contributed by atoms with van der Waals surface area (Å²) in [4.78, 5) is 26.5. The molecule has 0 aliphatic carbocycles. The number of hydrogen-bond acceptors (Lipinski definition) is 6. The fraction of sp³-hybridized carbons (Fsp3) is 0.444.